The van der Waals surface area contributed by atoms with Gasteiger partial charge in [-0.05, 0) is 50.5 Å². The van der Waals surface area contributed by atoms with Crippen molar-refractivity contribution in [1.82, 2.24) is 25.0 Å². The fourth-order valence-electron chi connectivity index (χ4n) is 4.54. The second-order valence-corrected chi connectivity index (χ2v) is 9.48. The van der Waals surface area contributed by atoms with Gasteiger partial charge in [0.2, 0.25) is 5.91 Å². The van der Waals surface area contributed by atoms with Crippen molar-refractivity contribution in [2.24, 2.45) is 0 Å². The van der Waals surface area contributed by atoms with Crippen LogP contribution in [-0.4, -0.2) is 44.6 Å². The van der Waals surface area contributed by atoms with Gasteiger partial charge in [-0.1, -0.05) is 22.9 Å². The molecular formula is C24H28BrN5O3. The maximum atomic E-state index is 13.1. The lowest BCUT2D eigenvalue weighted by atomic mass is 10.0. The molecule has 1 fully saturated rings. The summed E-state index contributed by atoms with van der Waals surface area (Å²) in [5, 5.41) is 8.26. The van der Waals surface area contributed by atoms with Crippen molar-refractivity contribution in [2.75, 3.05) is 13.1 Å². The molecule has 0 aliphatic carbocycles. The summed E-state index contributed by atoms with van der Waals surface area (Å²) < 4.78 is 2.75. The van der Waals surface area contributed by atoms with E-state index in [2.05, 4.69) is 31.3 Å². The number of aromatic nitrogens is 3. The number of hydrogen-bond donors (Lipinski definition) is 2. The minimum atomic E-state index is -0.261. The van der Waals surface area contributed by atoms with Gasteiger partial charge in [-0.3, -0.25) is 19.1 Å². The molecular weight excluding hydrogens is 486 g/mol. The van der Waals surface area contributed by atoms with E-state index in [9.17, 15) is 14.4 Å². The quantitative estimate of drug-likeness (QED) is 0.544. The maximum Gasteiger partial charge on any atom is 0.253 e. The standard InChI is InChI=1S/C24H28BrN5O3/c1-4-22(31)29-7-5-17(6-8-29)30-21-11-16(25)10-18(20(21)13-27-30)23(32)26-12-19-14(2)9-15(3)28-24(19)33/h9-11,13,17H,4-8,12H2,1-3H3,(H,26,32)(H,28,33). The van der Waals surface area contributed by atoms with Crippen LogP contribution in [0.15, 0.2) is 33.7 Å². The summed E-state index contributed by atoms with van der Waals surface area (Å²) in [5.74, 6) is -0.0771. The third-order valence-electron chi connectivity index (χ3n) is 6.31. The Hall–Kier alpha value is -2.94. The molecule has 8 nitrogen and oxygen atoms in total. The molecule has 3 heterocycles. The fourth-order valence-corrected chi connectivity index (χ4v) is 4.98. The number of benzene rings is 1. The van der Waals surface area contributed by atoms with E-state index in [-0.39, 0.29) is 30.0 Å². The Kier molecular flexibility index (Phi) is 6.69. The van der Waals surface area contributed by atoms with E-state index in [0.717, 1.165) is 39.5 Å². The smallest absolute Gasteiger partial charge is 0.253 e. The molecule has 4 rings (SSSR count). The van der Waals surface area contributed by atoms with Crippen molar-refractivity contribution in [3.8, 4) is 0 Å². The number of hydrogen-bond acceptors (Lipinski definition) is 4. The Labute approximate surface area is 200 Å². The molecule has 1 aliphatic heterocycles. The summed E-state index contributed by atoms with van der Waals surface area (Å²) in [6.07, 6.45) is 3.90. The van der Waals surface area contributed by atoms with Crippen LogP contribution >= 0.6 is 15.9 Å². The number of nitrogens with zero attached hydrogens (tertiary/aromatic N) is 3. The molecule has 9 heteroatoms. The number of aromatic amines is 1. The minimum Gasteiger partial charge on any atom is -0.348 e. The predicted octanol–water partition coefficient (Wildman–Crippen LogP) is 3.61. The Morgan fingerprint density at radius 1 is 1.21 bits per heavy atom. The number of nitrogens with one attached hydrogen (secondary N) is 2. The zero-order valence-electron chi connectivity index (χ0n) is 19.1. The van der Waals surface area contributed by atoms with Crippen molar-refractivity contribution >= 4 is 38.6 Å². The normalized spacial score (nSPS) is 14.6. The molecule has 0 radical (unpaired) electrons. The summed E-state index contributed by atoms with van der Waals surface area (Å²) in [7, 11) is 0. The van der Waals surface area contributed by atoms with Gasteiger partial charge >= 0.3 is 0 Å². The van der Waals surface area contributed by atoms with Crippen LogP contribution in [0, 0.1) is 13.8 Å². The number of carbonyl (C=O) groups is 2. The zero-order valence-corrected chi connectivity index (χ0v) is 20.7. The molecule has 33 heavy (non-hydrogen) atoms. The number of rotatable bonds is 5. The highest BCUT2D eigenvalue weighted by molar-refractivity contribution is 9.10. The Bertz CT molecular complexity index is 1270. The molecule has 2 aromatic heterocycles. The summed E-state index contributed by atoms with van der Waals surface area (Å²) >= 11 is 3.53. The zero-order chi connectivity index (χ0) is 23.7. The van der Waals surface area contributed by atoms with Crippen molar-refractivity contribution in [2.45, 2.75) is 52.6 Å². The van der Waals surface area contributed by atoms with E-state index in [1.54, 1.807) is 12.3 Å². The van der Waals surface area contributed by atoms with Gasteiger partial charge in [-0.2, -0.15) is 5.10 Å². The molecule has 1 aliphatic rings. The first kappa shape index (κ1) is 23.2. The molecule has 1 aromatic carbocycles. The molecule has 0 unspecified atom stereocenters. The third kappa shape index (κ3) is 4.73. The molecule has 2 N–H and O–H groups in total. The van der Waals surface area contributed by atoms with E-state index in [1.807, 2.05) is 42.5 Å². The first-order valence-corrected chi connectivity index (χ1v) is 12.0. The van der Waals surface area contributed by atoms with Gasteiger partial charge in [0.05, 0.1) is 23.3 Å². The van der Waals surface area contributed by atoms with Gasteiger partial charge in [0.15, 0.2) is 0 Å². The van der Waals surface area contributed by atoms with E-state index in [1.165, 1.54) is 0 Å². The second-order valence-electron chi connectivity index (χ2n) is 8.57. The van der Waals surface area contributed by atoms with Gasteiger partial charge in [0, 0.05) is 47.2 Å². The number of H-pyrrole nitrogens is 1. The maximum absolute atomic E-state index is 13.1. The molecule has 2 amide bonds. The number of piperidine rings is 1. The number of aryl methyl sites for hydroxylation is 2. The summed E-state index contributed by atoms with van der Waals surface area (Å²) in [5.41, 5.74) is 3.37. The molecule has 3 aromatic rings. The van der Waals surface area contributed by atoms with E-state index in [4.69, 9.17) is 0 Å². The minimum absolute atomic E-state index is 0.145. The average Bonchev–Trinajstić information content (AvgIpc) is 3.20. The SMILES string of the molecule is CCC(=O)N1CCC(n2ncc3c(C(=O)NCc4c(C)cc(C)[nH]c4=O)cc(Br)cc32)CC1. The van der Waals surface area contributed by atoms with Crippen molar-refractivity contribution in [1.29, 1.82) is 0 Å². The molecule has 0 atom stereocenters. The van der Waals surface area contributed by atoms with Gasteiger partial charge in [0.1, 0.15) is 0 Å². The van der Waals surface area contributed by atoms with Crippen LogP contribution in [0.1, 0.15) is 59.4 Å². The fraction of sp³-hybridized carbons (Fsp3) is 0.417. The van der Waals surface area contributed by atoms with Crippen LogP contribution in [0.25, 0.3) is 10.9 Å². The average molecular weight is 514 g/mol. The highest BCUT2D eigenvalue weighted by Gasteiger charge is 2.25. The van der Waals surface area contributed by atoms with Crippen LogP contribution < -0.4 is 10.9 Å². The number of fused-ring (bicyclic) bond motifs is 1. The van der Waals surface area contributed by atoms with Crippen LogP contribution in [0.5, 0.6) is 0 Å². The number of carbonyl (C=O) groups excluding carboxylic acids is 2. The highest BCUT2D eigenvalue weighted by Crippen LogP contribution is 2.30. The van der Waals surface area contributed by atoms with Gasteiger partial charge in [0.25, 0.3) is 11.5 Å². The highest BCUT2D eigenvalue weighted by atomic mass is 79.9. The predicted molar refractivity (Wildman–Crippen MR) is 130 cm³/mol. The van der Waals surface area contributed by atoms with Crippen LogP contribution in [-0.2, 0) is 11.3 Å². The van der Waals surface area contributed by atoms with Gasteiger partial charge in [-0.25, -0.2) is 0 Å². The molecule has 1 saturated heterocycles. The summed E-state index contributed by atoms with van der Waals surface area (Å²) in [6, 6.07) is 5.81. The number of pyridine rings is 1. The van der Waals surface area contributed by atoms with E-state index in [0.29, 0.717) is 30.6 Å². The van der Waals surface area contributed by atoms with Gasteiger partial charge in [-0.15, -0.1) is 0 Å². The first-order chi connectivity index (χ1) is 15.8. The molecule has 174 valence electrons. The molecule has 0 spiro atoms. The van der Waals surface area contributed by atoms with E-state index < -0.39 is 0 Å². The second kappa shape index (κ2) is 9.51. The summed E-state index contributed by atoms with van der Waals surface area (Å²) in [4.78, 5) is 42.1. The lowest BCUT2D eigenvalue weighted by Gasteiger charge is -2.32. The number of halogens is 1. The van der Waals surface area contributed by atoms with Crippen molar-refractivity contribution < 1.29 is 9.59 Å². The summed E-state index contributed by atoms with van der Waals surface area (Å²) in [6.45, 7) is 7.15. The Morgan fingerprint density at radius 2 is 1.94 bits per heavy atom. The first-order valence-electron chi connectivity index (χ1n) is 11.2. The number of likely N-dealkylation sites (tertiary alicyclic amines) is 1. The van der Waals surface area contributed by atoms with Crippen molar-refractivity contribution in [3.63, 3.8) is 0 Å². The Morgan fingerprint density at radius 3 is 2.61 bits per heavy atom. The topological polar surface area (TPSA) is 100 Å². The monoisotopic (exact) mass is 513 g/mol. The van der Waals surface area contributed by atoms with Crippen LogP contribution in [0.3, 0.4) is 0 Å². The molecule has 0 saturated carbocycles. The third-order valence-corrected chi connectivity index (χ3v) is 6.77. The van der Waals surface area contributed by atoms with Crippen LogP contribution in [0.4, 0.5) is 0 Å². The lowest BCUT2D eigenvalue weighted by molar-refractivity contribution is -0.132. The van der Waals surface area contributed by atoms with Gasteiger partial charge < -0.3 is 15.2 Å². The molecule has 0 bridgehead atoms. The lowest BCUT2D eigenvalue weighted by Crippen LogP contribution is -2.38. The number of amides is 2. The Balaban J connectivity index is 1.56. The largest absolute Gasteiger partial charge is 0.348 e. The van der Waals surface area contributed by atoms with Crippen molar-refractivity contribution in [3.05, 3.63) is 61.6 Å². The van der Waals surface area contributed by atoms with Crippen LogP contribution in [0.2, 0.25) is 0 Å². The van der Waals surface area contributed by atoms with E-state index >= 15 is 0 Å².